The van der Waals surface area contributed by atoms with Gasteiger partial charge in [0.05, 0.1) is 23.5 Å². The fourth-order valence-electron chi connectivity index (χ4n) is 5.36. The maximum atomic E-state index is 4.86. The predicted octanol–water partition coefficient (Wildman–Crippen LogP) is 5.47. The van der Waals surface area contributed by atoms with E-state index in [1.807, 2.05) is 12.4 Å². The molecule has 4 N–H and O–H groups in total. The number of rotatable bonds is 5. The molecule has 6 rings (SSSR count). The average Bonchev–Trinajstić information content (AvgIpc) is 3.66. The first-order chi connectivity index (χ1) is 16.7. The lowest BCUT2D eigenvalue weighted by Gasteiger charge is -2.12. The Balaban J connectivity index is 1.16. The van der Waals surface area contributed by atoms with Gasteiger partial charge in [0.25, 0.3) is 0 Å². The van der Waals surface area contributed by atoms with E-state index >= 15 is 0 Å². The summed E-state index contributed by atoms with van der Waals surface area (Å²) in [7, 11) is 0. The van der Waals surface area contributed by atoms with E-state index < -0.39 is 0 Å². The Bertz CT molecular complexity index is 1150. The molecule has 2 aromatic carbocycles. The van der Waals surface area contributed by atoms with E-state index in [2.05, 4.69) is 83.0 Å². The Labute approximate surface area is 200 Å². The number of H-pyrrole nitrogens is 2. The molecule has 2 aromatic heterocycles. The van der Waals surface area contributed by atoms with Gasteiger partial charge in [-0.2, -0.15) is 0 Å². The standard InChI is InChI=1S/C28H32N6/c1-17-11-13-29-25(17)27-31-15-23(33-27)21-7-3-19(4-8-21)20-5-9-22(10-6-20)24-16-32-28(34-24)26-18(2)12-14-30-26/h3-10,15-18,25-26,29-30H,11-14H2,1-2H3,(H,31,33)(H,32,34)/t17-,18-,25+,26+/m1/s1. The maximum Gasteiger partial charge on any atom is 0.124 e. The van der Waals surface area contributed by atoms with Crippen LogP contribution in [0.4, 0.5) is 0 Å². The van der Waals surface area contributed by atoms with Gasteiger partial charge in [0.15, 0.2) is 0 Å². The van der Waals surface area contributed by atoms with Crippen molar-refractivity contribution in [3.63, 3.8) is 0 Å². The Morgan fingerprint density at radius 3 is 1.32 bits per heavy atom. The molecule has 2 aliphatic heterocycles. The van der Waals surface area contributed by atoms with Crippen LogP contribution in [0.1, 0.15) is 50.4 Å². The average molecular weight is 453 g/mol. The Hall–Kier alpha value is -3.22. The second-order valence-electron chi connectivity index (χ2n) is 9.89. The molecule has 0 aliphatic carbocycles. The lowest BCUT2D eigenvalue weighted by molar-refractivity contribution is 0.483. The summed E-state index contributed by atoms with van der Waals surface area (Å²) in [6.45, 7) is 6.69. The Kier molecular flexibility index (Phi) is 5.55. The molecule has 2 saturated heterocycles. The lowest BCUT2D eigenvalue weighted by atomic mass is 10.0. The van der Waals surface area contributed by atoms with Crippen LogP contribution in [0.3, 0.4) is 0 Å². The summed E-state index contributed by atoms with van der Waals surface area (Å²) in [5, 5.41) is 7.10. The minimum atomic E-state index is 0.329. The highest BCUT2D eigenvalue weighted by atomic mass is 15.1. The summed E-state index contributed by atoms with van der Waals surface area (Å²) in [5.41, 5.74) is 6.66. The van der Waals surface area contributed by atoms with Crippen molar-refractivity contribution in [2.45, 2.75) is 38.8 Å². The minimum Gasteiger partial charge on any atom is -0.347 e. The van der Waals surface area contributed by atoms with Crippen molar-refractivity contribution in [2.24, 2.45) is 11.8 Å². The topological polar surface area (TPSA) is 81.4 Å². The van der Waals surface area contributed by atoms with Gasteiger partial charge in [0, 0.05) is 23.5 Å². The molecule has 0 saturated carbocycles. The number of hydrogen-bond acceptors (Lipinski definition) is 4. The highest BCUT2D eigenvalue weighted by Gasteiger charge is 2.27. The van der Waals surface area contributed by atoms with E-state index in [-0.39, 0.29) is 0 Å². The number of nitrogens with zero attached hydrogens (tertiary/aromatic N) is 2. The van der Waals surface area contributed by atoms with Gasteiger partial charge in [-0.3, -0.25) is 0 Å². The molecule has 4 heterocycles. The SMILES string of the molecule is C[C@@H]1CCN[C@@H]1c1nc(-c2ccc(-c3ccc(-c4c[nH]c([C@H]5NCC[C@H]5C)n4)cc3)cc2)c[nH]1. The van der Waals surface area contributed by atoms with E-state index in [1.54, 1.807) is 0 Å². The van der Waals surface area contributed by atoms with Crippen LogP contribution in [0.15, 0.2) is 60.9 Å². The number of imidazole rings is 2. The summed E-state index contributed by atoms with van der Waals surface area (Å²) in [4.78, 5) is 16.5. The molecule has 0 amide bonds. The zero-order chi connectivity index (χ0) is 23.1. The van der Waals surface area contributed by atoms with E-state index in [9.17, 15) is 0 Å². The van der Waals surface area contributed by atoms with Gasteiger partial charge >= 0.3 is 0 Å². The summed E-state index contributed by atoms with van der Waals surface area (Å²) >= 11 is 0. The number of benzene rings is 2. The molecule has 6 nitrogen and oxygen atoms in total. The van der Waals surface area contributed by atoms with Gasteiger partial charge < -0.3 is 20.6 Å². The van der Waals surface area contributed by atoms with Crippen molar-refractivity contribution in [3.8, 4) is 33.6 Å². The van der Waals surface area contributed by atoms with E-state index in [4.69, 9.17) is 9.97 Å². The van der Waals surface area contributed by atoms with Crippen LogP contribution in [0, 0.1) is 11.8 Å². The molecule has 0 spiro atoms. The molecule has 0 bridgehead atoms. The molecule has 0 radical (unpaired) electrons. The third kappa shape index (κ3) is 3.97. The molecular weight excluding hydrogens is 420 g/mol. The molecule has 4 atom stereocenters. The van der Waals surface area contributed by atoms with Crippen molar-refractivity contribution < 1.29 is 0 Å². The smallest absolute Gasteiger partial charge is 0.124 e. The van der Waals surface area contributed by atoms with Crippen LogP contribution in [0.5, 0.6) is 0 Å². The molecule has 34 heavy (non-hydrogen) atoms. The normalized spacial score (nSPS) is 24.6. The van der Waals surface area contributed by atoms with Gasteiger partial charge in [-0.25, -0.2) is 9.97 Å². The van der Waals surface area contributed by atoms with Gasteiger partial charge in [-0.05, 0) is 48.9 Å². The molecule has 2 fully saturated rings. The molecule has 2 aliphatic rings. The predicted molar refractivity (Wildman–Crippen MR) is 136 cm³/mol. The van der Waals surface area contributed by atoms with Crippen LogP contribution < -0.4 is 10.6 Å². The van der Waals surface area contributed by atoms with Crippen molar-refractivity contribution in [2.75, 3.05) is 13.1 Å². The number of nitrogens with one attached hydrogen (secondary N) is 4. The van der Waals surface area contributed by atoms with E-state index in [0.29, 0.717) is 23.9 Å². The largest absolute Gasteiger partial charge is 0.347 e. The zero-order valence-electron chi connectivity index (χ0n) is 19.8. The number of aromatic amines is 2. The number of hydrogen-bond donors (Lipinski definition) is 4. The van der Waals surface area contributed by atoms with Crippen LogP contribution in [-0.2, 0) is 0 Å². The Morgan fingerprint density at radius 2 is 0.971 bits per heavy atom. The molecular formula is C28H32N6. The van der Waals surface area contributed by atoms with Gasteiger partial charge in [-0.15, -0.1) is 0 Å². The van der Waals surface area contributed by atoms with Crippen molar-refractivity contribution in [3.05, 3.63) is 72.6 Å². The summed E-state index contributed by atoms with van der Waals surface area (Å²) < 4.78 is 0. The molecule has 4 aromatic rings. The Morgan fingerprint density at radius 1 is 0.588 bits per heavy atom. The van der Waals surface area contributed by atoms with Crippen LogP contribution >= 0.6 is 0 Å². The third-order valence-corrected chi connectivity index (χ3v) is 7.55. The third-order valence-electron chi connectivity index (χ3n) is 7.55. The van der Waals surface area contributed by atoms with E-state index in [0.717, 1.165) is 47.3 Å². The first-order valence-electron chi connectivity index (χ1n) is 12.4. The van der Waals surface area contributed by atoms with Crippen molar-refractivity contribution >= 4 is 0 Å². The summed E-state index contributed by atoms with van der Waals surface area (Å²) in [6, 6.07) is 18.0. The second kappa shape index (κ2) is 8.85. The fourth-order valence-corrected chi connectivity index (χ4v) is 5.36. The number of aromatic nitrogens is 4. The van der Waals surface area contributed by atoms with Gasteiger partial charge in [-0.1, -0.05) is 62.4 Å². The van der Waals surface area contributed by atoms with Gasteiger partial charge in [0.1, 0.15) is 11.6 Å². The fraction of sp³-hybridized carbons (Fsp3) is 0.357. The summed E-state index contributed by atoms with van der Waals surface area (Å²) in [5.74, 6) is 3.31. The lowest BCUT2D eigenvalue weighted by Crippen LogP contribution is -2.17. The zero-order valence-corrected chi connectivity index (χ0v) is 19.8. The quantitative estimate of drug-likeness (QED) is 0.323. The maximum absolute atomic E-state index is 4.86. The minimum absolute atomic E-state index is 0.329. The van der Waals surface area contributed by atoms with Crippen LogP contribution in [-0.4, -0.2) is 33.0 Å². The first kappa shape index (κ1) is 21.3. The second-order valence-corrected chi connectivity index (χ2v) is 9.89. The monoisotopic (exact) mass is 452 g/mol. The molecule has 6 heteroatoms. The van der Waals surface area contributed by atoms with Crippen LogP contribution in [0.2, 0.25) is 0 Å². The highest BCUT2D eigenvalue weighted by Crippen LogP contribution is 2.31. The highest BCUT2D eigenvalue weighted by molar-refractivity contribution is 5.71. The van der Waals surface area contributed by atoms with E-state index in [1.165, 1.54) is 24.0 Å². The van der Waals surface area contributed by atoms with Crippen molar-refractivity contribution in [1.82, 2.24) is 30.6 Å². The van der Waals surface area contributed by atoms with Crippen LogP contribution in [0.25, 0.3) is 33.6 Å². The van der Waals surface area contributed by atoms with Gasteiger partial charge in [0.2, 0.25) is 0 Å². The molecule has 174 valence electrons. The molecule has 0 unspecified atom stereocenters. The first-order valence-corrected chi connectivity index (χ1v) is 12.4. The summed E-state index contributed by atoms with van der Waals surface area (Å²) in [6.07, 6.45) is 6.44. The van der Waals surface area contributed by atoms with Crippen molar-refractivity contribution in [1.29, 1.82) is 0 Å².